The van der Waals surface area contributed by atoms with E-state index in [1.165, 1.54) is 0 Å². The van der Waals surface area contributed by atoms with Crippen LogP contribution in [0.15, 0.2) is 0 Å². The summed E-state index contributed by atoms with van der Waals surface area (Å²) < 4.78 is 1.00. The van der Waals surface area contributed by atoms with Gasteiger partial charge in [0.15, 0.2) is 0 Å². The number of aliphatic carboxylic acids is 1. The van der Waals surface area contributed by atoms with Crippen LogP contribution >= 0.6 is 0 Å². The minimum absolute atomic E-state index is 0.889. The minimum Gasteiger partial charge on any atom is -0.548 e. The molecule has 0 aromatic carbocycles. The molecule has 0 aliphatic rings. The van der Waals surface area contributed by atoms with Crippen molar-refractivity contribution in [2.75, 3.05) is 34.8 Å². The third kappa shape index (κ3) is 156. The van der Waals surface area contributed by atoms with Crippen LogP contribution in [-0.4, -0.2) is 50.4 Å². The normalized spacial score (nSPS) is 9.70. The van der Waals surface area contributed by atoms with Crippen LogP contribution in [0.5, 0.6) is 0 Å². The molecular weight excluding hydrogens is 134 g/mol. The van der Waals surface area contributed by atoms with E-state index in [0.29, 0.717) is 0 Å². The fourth-order valence-electron chi connectivity index (χ4n) is 0. The van der Waals surface area contributed by atoms with Gasteiger partial charge >= 0.3 is 0 Å². The molecule has 0 aliphatic carbocycles. The third-order valence-electron chi connectivity index (χ3n) is 0.129. The number of hydrogen-bond donors (Lipinski definition) is 1. The first-order chi connectivity index (χ1) is 4.27. The molecule has 0 spiro atoms. The fraction of sp³-hybridized carbons (Fsp3) is 0.833. The van der Waals surface area contributed by atoms with E-state index in [-0.39, 0.29) is 0 Å². The van der Waals surface area contributed by atoms with Gasteiger partial charge in [0.1, 0.15) is 0 Å². The molecular formula is C6H15NO3. The van der Waals surface area contributed by atoms with E-state index < -0.39 is 12.6 Å². The maximum atomic E-state index is 9.01. The highest BCUT2D eigenvalue weighted by molar-refractivity contribution is 5.65. The van der Waals surface area contributed by atoms with Crippen molar-refractivity contribution in [2.24, 2.45) is 0 Å². The number of carboxylic acid groups (broad SMARTS) is 1. The Bertz CT molecular complexity index is 89.7. The van der Waals surface area contributed by atoms with Crippen LogP contribution in [0.4, 0.5) is 0 Å². The molecule has 0 bridgehead atoms. The first-order valence-electron chi connectivity index (χ1n) is 2.87. The van der Waals surface area contributed by atoms with Crippen LogP contribution in [-0.2, 0) is 4.79 Å². The SMILES string of the molecule is C[N+](C)(C)C.O=C([O-])CO. The smallest absolute Gasteiger partial charge is 0.0826 e. The van der Waals surface area contributed by atoms with Gasteiger partial charge in [0.2, 0.25) is 0 Å². The second kappa shape index (κ2) is 5.20. The number of carbonyl (C=O) groups excluding carboxylic acids is 1. The van der Waals surface area contributed by atoms with E-state index in [2.05, 4.69) is 28.2 Å². The molecule has 10 heavy (non-hydrogen) atoms. The summed E-state index contributed by atoms with van der Waals surface area (Å²) in [6.07, 6.45) is 0. The number of carboxylic acids is 1. The van der Waals surface area contributed by atoms with Gasteiger partial charge in [0, 0.05) is 0 Å². The van der Waals surface area contributed by atoms with Crippen molar-refractivity contribution in [3.63, 3.8) is 0 Å². The molecule has 0 heterocycles. The van der Waals surface area contributed by atoms with Gasteiger partial charge in [-0.25, -0.2) is 0 Å². The lowest BCUT2D eigenvalue weighted by Crippen LogP contribution is -2.27. The quantitative estimate of drug-likeness (QED) is 0.441. The van der Waals surface area contributed by atoms with Gasteiger partial charge < -0.3 is 19.5 Å². The van der Waals surface area contributed by atoms with Gasteiger partial charge in [0.05, 0.1) is 40.8 Å². The van der Waals surface area contributed by atoms with Gasteiger partial charge in [0.25, 0.3) is 0 Å². The Labute approximate surface area is 61.3 Å². The molecule has 4 heteroatoms. The van der Waals surface area contributed by atoms with Crippen LogP contribution in [0.25, 0.3) is 0 Å². The second-order valence-corrected chi connectivity index (χ2v) is 3.21. The Morgan fingerprint density at radius 2 is 1.50 bits per heavy atom. The van der Waals surface area contributed by atoms with Crippen molar-refractivity contribution < 1.29 is 19.5 Å². The van der Waals surface area contributed by atoms with Gasteiger partial charge in [-0.1, -0.05) is 0 Å². The molecule has 0 aromatic heterocycles. The van der Waals surface area contributed by atoms with Crippen molar-refractivity contribution in [1.82, 2.24) is 0 Å². The average molecular weight is 149 g/mol. The molecule has 0 unspecified atom stereocenters. The Hall–Kier alpha value is -0.610. The first kappa shape index (κ1) is 12.1. The van der Waals surface area contributed by atoms with E-state index >= 15 is 0 Å². The molecule has 0 atom stereocenters. The largest absolute Gasteiger partial charge is 0.548 e. The van der Waals surface area contributed by atoms with Crippen LogP contribution in [0, 0.1) is 0 Å². The van der Waals surface area contributed by atoms with E-state index in [0.717, 1.165) is 4.48 Å². The average Bonchev–Trinajstić information content (AvgIpc) is 1.61. The van der Waals surface area contributed by atoms with Crippen molar-refractivity contribution in [1.29, 1.82) is 0 Å². The van der Waals surface area contributed by atoms with Crippen LogP contribution in [0.3, 0.4) is 0 Å². The number of hydrogen-bond acceptors (Lipinski definition) is 3. The first-order valence-corrected chi connectivity index (χ1v) is 2.87. The summed E-state index contributed by atoms with van der Waals surface area (Å²) in [6, 6.07) is 0. The number of aliphatic hydroxyl groups excluding tert-OH is 1. The highest BCUT2D eigenvalue weighted by atomic mass is 16.4. The predicted molar refractivity (Wildman–Crippen MR) is 36.0 cm³/mol. The van der Waals surface area contributed by atoms with E-state index in [4.69, 9.17) is 15.0 Å². The summed E-state index contributed by atoms with van der Waals surface area (Å²) in [4.78, 5) is 9.01. The number of quaternary nitrogens is 1. The Morgan fingerprint density at radius 1 is 1.40 bits per heavy atom. The van der Waals surface area contributed by atoms with Gasteiger partial charge in [-0.3, -0.25) is 0 Å². The minimum atomic E-state index is -1.44. The molecule has 62 valence electrons. The highest BCUT2D eigenvalue weighted by Crippen LogP contribution is 1.73. The van der Waals surface area contributed by atoms with E-state index in [9.17, 15) is 0 Å². The highest BCUT2D eigenvalue weighted by Gasteiger charge is 1.88. The van der Waals surface area contributed by atoms with E-state index in [1.54, 1.807) is 0 Å². The Morgan fingerprint density at radius 3 is 1.50 bits per heavy atom. The van der Waals surface area contributed by atoms with Crippen LogP contribution < -0.4 is 5.11 Å². The molecule has 0 rings (SSSR count). The molecule has 4 nitrogen and oxygen atoms in total. The molecule has 0 amide bonds. The summed E-state index contributed by atoms with van der Waals surface area (Å²) in [7, 11) is 8.50. The topological polar surface area (TPSA) is 60.4 Å². The zero-order valence-electron chi connectivity index (χ0n) is 6.92. The lowest BCUT2D eigenvalue weighted by Gasteiger charge is -2.14. The Kier molecular flexibility index (Phi) is 6.29. The zero-order valence-corrected chi connectivity index (χ0v) is 6.92. The maximum Gasteiger partial charge on any atom is 0.0826 e. The van der Waals surface area contributed by atoms with Crippen molar-refractivity contribution in [2.45, 2.75) is 0 Å². The molecule has 0 saturated carbocycles. The predicted octanol–water partition coefficient (Wildman–Crippen LogP) is -1.95. The fourth-order valence-corrected chi connectivity index (χ4v) is 0. The number of rotatable bonds is 1. The lowest BCUT2D eigenvalue weighted by atomic mass is 10.8. The summed E-state index contributed by atoms with van der Waals surface area (Å²) in [5.74, 6) is -1.44. The number of aliphatic hydroxyl groups is 1. The van der Waals surface area contributed by atoms with Gasteiger partial charge in [-0.05, 0) is 0 Å². The maximum absolute atomic E-state index is 9.01. The summed E-state index contributed by atoms with van der Waals surface area (Å²) in [6.45, 7) is -0.889. The van der Waals surface area contributed by atoms with Gasteiger partial charge in [-0.2, -0.15) is 0 Å². The molecule has 1 N–H and O–H groups in total. The lowest BCUT2D eigenvalue weighted by molar-refractivity contribution is -0.849. The second-order valence-electron chi connectivity index (χ2n) is 3.21. The number of nitrogens with zero attached hydrogens (tertiary/aromatic N) is 1. The third-order valence-corrected chi connectivity index (χ3v) is 0.129. The molecule has 0 saturated heterocycles. The molecule has 0 aliphatic heterocycles. The molecule has 0 fully saturated rings. The van der Waals surface area contributed by atoms with Gasteiger partial charge in [-0.15, -0.1) is 0 Å². The Balaban J connectivity index is 0. The summed E-state index contributed by atoms with van der Waals surface area (Å²) >= 11 is 0. The van der Waals surface area contributed by atoms with E-state index in [1.807, 2.05) is 0 Å². The number of carbonyl (C=O) groups is 1. The molecule has 0 aromatic rings. The summed E-state index contributed by atoms with van der Waals surface area (Å²) in [5, 5.41) is 16.5. The zero-order chi connectivity index (χ0) is 8.78. The van der Waals surface area contributed by atoms with Crippen molar-refractivity contribution in [3.05, 3.63) is 0 Å². The van der Waals surface area contributed by atoms with Crippen LogP contribution in [0.2, 0.25) is 0 Å². The van der Waals surface area contributed by atoms with Crippen LogP contribution in [0.1, 0.15) is 0 Å². The van der Waals surface area contributed by atoms with Crippen molar-refractivity contribution >= 4 is 5.97 Å². The summed E-state index contributed by atoms with van der Waals surface area (Å²) in [5.41, 5.74) is 0. The standard InChI is InChI=1S/C4H12N.C2H4O3/c1-5(2,3)4;3-1-2(4)5/h1-4H3;3H,1H2,(H,4,5)/q+1;/p-1. The monoisotopic (exact) mass is 149 g/mol. The molecule has 0 radical (unpaired) electrons. The van der Waals surface area contributed by atoms with Crippen molar-refractivity contribution in [3.8, 4) is 0 Å².